The van der Waals surface area contributed by atoms with Gasteiger partial charge in [0, 0.05) is 12.7 Å². The number of hydrogen-bond donors (Lipinski definition) is 1. The highest BCUT2D eigenvalue weighted by Gasteiger charge is 2.38. The minimum absolute atomic E-state index is 0.298. The van der Waals surface area contributed by atoms with E-state index >= 15 is 0 Å². The number of para-hydroxylation sites is 2. The zero-order chi connectivity index (χ0) is 17.0. The van der Waals surface area contributed by atoms with Gasteiger partial charge in [-0.25, -0.2) is 0 Å². The van der Waals surface area contributed by atoms with Gasteiger partial charge in [0.05, 0.1) is 10.7 Å². The van der Waals surface area contributed by atoms with Crippen LogP contribution in [0.3, 0.4) is 0 Å². The molecule has 0 radical (unpaired) electrons. The van der Waals surface area contributed by atoms with Gasteiger partial charge in [0.25, 0.3) is 0 Å². The summed E-state index contributed by atoms with van der Waals surface area (Å²) in [6.45, 7) is 3.20. The Kier molecular flexibility index (Phi) is 5.06. The first-order chi connectivity index (χ1) is 10.8. The van der Waals surface area contributed by atoms with E-state index < -0.39 is 11.3 Å². The van der Waals surface area contributed by atoms with E-state index in [1.165, 1.54) is 4.90 Å². The average molecular weight is 331 g/mol. The first-order valence-electron chi connectivity index (χ1n) is 7.23. The van der Waals surface area contributed by atoms with Gasteiger partial charge in [0.1, 0.15) is 5.41 Å². The molecule has 0 atom stereocenters. The molecule has 0 bridgehead atoms. The van der Waals surface area contributed by atoms with Crippen LogP contribution in [0.1, 0.15) is 13.8 Å². The van der Waals surface area contributed by atoms with E-state index in [1.54, 1.807) is 45.2 Å². The van der Waals surface area contributed by atoms with Gasteiger partial charge in [-0.1, -0.05) is 41.9 Å². The van der Waals surface area contributed by atoms with Crippen LogP contribution in [0.25, 0.3) is 0 Å². The van der Waals surface area contributed by atoms with Crippen molar-refractivity contribution in [2.45, 2.75) is 13.8 Å². The first kappa shape index (κ1) is 17.0. The van der Waals surface area contributed by atoms with Gasteiger partial charge in [-0.15, -0.1) is 0 Å². The van der Waals surface area contributed by atoms with Crippen LogP contribution in [-0.4, -0.2) is 18.9 Å². The van der Waals surface area contributed by atoms with Gasteiger partial charge in [-0.05, 0) is 38.1 Å². The summed E-state index contributed by atoms with van der Waals surface area (Å²) in [6.07, 6.45) is 0. The molecule has 0 aliphatic heterocycles. The number of anilines is 2. The molecule has 0 aliphatic rings. The summed E-state index contributed by atoms with van der Waals surface area (Å²) in [6, 6.07) is 16.1. The molecule has 2 rings (SSSR count). The van der Waals surface area contributed by atoms with E-state index in [-0.39, 0.29) is 5.91 Å². The molecule has 120 valence electrons. The molecule has 0 spiro atoms. The van der Waals surface area contributed by atoms with Crippen molar-refractivity contribution in [2.24, 2.45) is 5.41 Å². The molecule has 0 unspecified atom stereocenters. The number of nitrogens with zero attached hydrogens (tertiary/aromatic N) is 1. The van der Waals surface area contributed by atoms with Crippen molar-refractivity contribution in [3.63, 3.8) is 0 Å². The second-order valence-electron chi connectivity index (χ2n) is 5.76. The van der Waals surface area contributed by atoms with Crippen LogP contribution in [0.2, 0.25) is 5.02 Å². The fraction of sp³-hybridized carbons (Fsp3) is 0.222. The summed E-state index contributed by atoms with van der Waals surface area (Å²) in [7, 11) is 1.65. The van der Waals surface area contributed by atoms with Gasteiger partial charge < -0.3 is 10.2 Å². The summed E-state index contributed by atoms with van der Waals surface area (Å²) in [5.74, 6) is -0.702. The summed E-state index contributed by atoms with van der Waals surface area (Å²) < 4.78 is 0. The first-order valence-corrected chi connectivity index (χ1v) is 7.61. The minimum Gasteiger partial charge on any atom is -0.324 e. The second kappa shape index (κ2) is 6.84. The Bertz CT molecular complexity index is 714. The normalized spacial score (nSPS) is 11.0. The van der Waals surface area contributed by atoms with Crippen LogP contribution in [0.5, 0.6) is 0 Å². The van der Waals surface area contributed by atoms with Crippen molar-refractivity contribution >= 4 is 34.8 Å². The van der Waals surface area contributed by atoms with Crippen molar-refractivity contribution in [1.82, 2.24) is 0 Å². The Morgan fingerprint density at radius 2 is 1.57 bits per heavy atom. The van der Waals surface area contributed by atoms with E-state index in [1.807, 2.05) is 30.3 Å². The van der Waals surface area contributed by atoms with Gasteiger partial charge in [0.15, 0.2) is 0 Å². The number of carbonyl (C=O) groups is 2. The Balaban J connectivity index is 2.18. The molecule has 0 aromatic heterocycles. The van der Waals surface area contributed by atoms with Crippen LogP contribution in [0.15, 0.2) is 54.6 Å². The molecule has 0 heterocycles. The molecule has 2 aromatic carbocycles. The molecule has 2 amide bonds. The maximum absolute atomic E-state index is 12.7. The lowest BCUT2D eigenvalue weighted by atomic mass is 9.90. The van der Waals surface area contributed by atoms with Crippen LogP contribution in [0, 0.1) is 5.41 Å². The molecule has 0 saturated heterocycles. The monoisotopic (exact) mass is 330 g/mol. The molecule has 0 fully saturated rings. The van der Waals surface area contributed by atoms with Crippen molar-refractivity contribution < 1.29 is 9.59 Å². The largest absolute Gasteiger partial charge is 0.324 e. The van der Waals surface area contributed by atoms with Gasteiger partial charge >= 0.3 is 0 Å². The van der Waals surface area contributed by atoms with E-state index in [4.69, 9.17) is 11.6 Å². The molecule has 4 nitrogen and oxygen atoms in total. The molecule has 1 N–H and O–H groups in total. The van der Waals surface area contributed by atoms with E-state index in [2.05, 4.69) is 5.32 Å². The van der Waals surface area contributed by atoms with Crippen LogP contribution in [-0.2, 0) is 9.59 Å². The van der Waals surface area contributed by atoms with E-state index in [0.29, 0.717) is 10.7 Å². The predicted octanol–water partition coefficient (Wildman–Crippen LogP) is 3.97. The molecule has 23 heavy (non-hydrogen) atoms. The van der Waals surface area contributed by atoms with Gasteiger partial charge in [-0.2, -0.15) is 0 Å². The third-order valence-electron chi connectivity index (χ3n) is 3.67. The van der Waals surface area contributed by atoms with Crippen molar-refractivity contribution in [3.05, 3.63) is 59.6 Å². The van der Waals surface area contributed by atoms with Crippen molar-refractivity contribution in [1.29, 1.82) is 0 Å². The second-order valence-corrected chi connectivity index (χ2v) is 6.17. The summed E-state index contributed by atoms with van der Waals surface area (Å²) in [4.78, 5) is 26.7. The topological polar surface area (TPSA) is 49.4 Å². The Hall–Kier alpha value is -2.33. The van der Waals surface area contributed by atoms with E-state index in [0.717, 1.165) is 5.69 Å². The molecule has 0 aliphatic carbocycles. The summed E-state index contributed by atoms with van der Waals surface area (Å²) in [5, 5.41) is 3.15. The Labute approximate surface area is 141 Å². The number of carbonyl (C=O) groups excluding carboxylic acids is 2. The predicted molar refractivity (Wildman–Crippen MR) is 93.7 cm³/mol. The summed E-state index contributed by atoms with van der Waals surface area (Å²) >= 11 is 6.05. The fourth-order valence-electron chi connectivity index (χ4n) is 2.13. The van der Waals surface area contributed by atoms with Gasteiger partial charge in [-0.3, -0.25) is 9.59 Å². The lowest BCUT2D eigenvalue weighted by molar-refractivity contribution is -0.136. The highest BCUT2D eigenvalue weighted by molar-refractivity contribution is 6.34. The number of hydrogen-bond acceptors (Lipinski definition) is 2. The number of amides is 2. The Morgan fingerprint density at radius 3 is 2.17 bits per heavy atom. The molecule has 0 saturated carbocycles. The molecular formula is C18H19ClN2O2. The smallest absolute Gasteiger partial charge is 0.241 e. The number of nitrogens with one attached hydrogen (secondary N) is 1. The zero-order valence-electron chi connectivity index (χ0n) is 13.3. The quantitative estimate of drug-likeness (QED) is 0.862. The van der Waals surface area contributed by atoms with E-state index in [9.17, 15) is 9.59 Å². The molecule has 2 aromatic rings. The zero-order valence-corrected chi connectivity index (χ0v) is 14.1. The standard InChI is InChI=1S/C18H19ClN2O2/c1-18(2,16(22)20-15-12-8-7-11-14(15)19)17(23)21(3)13-9-5-4-6-10-13/h4-12H,1-3H3,(H,20,22). The van der Waals surface area contributed by atoms with Gasteiger partial charge in [0.2, 0.25) is 11.8 Å². The fourth-order valence-corrected chi connectivity index (χ4v) is 2.31. The molecule has 5 heteroatoms. The SMILES string of the molecule is CN(C(=O)C(C)(C)C(=O)Nc1ccccc1Cl)c1ccccc1. The highest BCUT2D eigenvalue weighted by Crippen LogP contribution is 2.27. The lowest BCUT2D eigenvalue weighted by Gasteiger charge is -2.28. The minimum atomic E-state index is -1.23. The Morgan fingerprint density at radius 1 is 1.00 bits per heavy atom. The highest BCUT2D eigenvalue weighted by atomic mass is 35.5. The number of rotatable bonds is 4. The van der Waals surface area contributed by atoms with Crippen LogP contribution >= 0.6 is 11.6 Å². The summed E-state index contributed by atoms with van der Waals surface area (Å²) in [5.41, 5.74) is -0.0115. The third kappa shape index (κ3) is 3.71. The third-order valence-corrected chi connectivity index (χ3v) is 4.00. The molecular weight excluding hydrogens is 312 g/mol. The van der Waals surface area contributed by atoms with Crippen LogP contribution < -0.4 is 10.2 Å². The average Bonchev–Trinajstić information content (AvgIpc) is 2.56. The lowest BCUT2D eigenvalue weighted by Crippen LogP contribution is -2.46. The van der Waals surface area contributed by atoms with Crippen molar-refractivity contribution in [2.75, 3.05) is 17.3 Å². The number of benzene rings is 2. The van der Waals surface area contributed by atoms with Crippen molar-refractivity contribution in [3.8, 4) is 0 Å². The van der Waals surface area contributed by atoms with Crippen LogP contribution in [0.4, 0.5) is 11.4 Å². The maximum atomic E-state index is 12.7. The number of halogens is 1. The maximum Gasteiger partial charge on any atom is 0.241 e.